The average molecular weight is 419 g/mol. The molecule has 158 valence electrons. The second-order valence-corrected chi connectivity index (χ2v) is 8.62. The lowest BCUT2D eigenvalue weighted by Crippen LogP contribution is -2.44. The van der Waals surface area contributed by atoms with Crippen molar-refractivity contribution in [3.8, 4) is 0 Å². The van der Waals surface area contributed by atoms with E-state index in [2.05, 4.69) is 20.8 Å². The lowest BCUT2D eigenvalue weighted by molar-refractivity contribution is 0.409. The molecular formula is C21H31FN6S. The van der Waals surface area contributed by atoms with Crippen molar-refractivity contribution in [1.29, 1.82) is 0 Å². The summed E-state index contributed by atoms with van der Waals surface area (Å²) in [6.07, 6.45) is 7.28. The van der Waals surface area contributed by atoms with Gasteiger partial charge in [0.1, 0.15) is 18.2 Å². The van der Waals surface area contributed by atoms with Crippen molar-refractivity contribution in [3.05, 3.63) is 41.7 Å². The third-order valence-electron chi connectivity index (χ3n) is 5.20. The van der Waals surface area contributed by atoms with Crippen molar-refractivity contribution in [3.63, 3.8) is 0 Å². The van der Waals surface area contributed by atoms with Crippen LogP contribution in [0.25, 0.3) is 0 Å². The van der Waals surface area contributed by atoms with E-state index in [9.17, 15) is 4.39 Å². The van der Waals surface area contributed by atoms with E-state index in [1.807, 2.05) is 30.7 Å². The van der Waals surface area contributed by atoms with Gasteiger partial charge in [-0.3, -0.25) is 0 Å². The highest BCUT2D eigenvalue weighted by atomic mass is 32.2. The predicted molar refractivity (Wildman–Crippen MR) is 117 cm³/mol. The third kappa shape index (κ3) is 7.03. The van der Waals surface area contributed by atoms with Gasteiger partial charge in [0.05, 0.1) is 0 Å². The van der Waals surface area contributed by atoms with Gasteiger partial charge in [-0.25, -0.2) is 9.38 Å². The molecule has 29 heavy (non-hydrogen) atoms. The molecule has 0 bridgehead atoms. The van der Waals surface area contributed by atoms with E-state index < -0.39 is 0 Å². The number of aromatic nitrogens is 3. The van der Waals surface area contributed by atoms with Gasteiger partial charge in [-0.2, -0.15) is 0 Å². The van der Waals surface area contributed by atoms with Gasteiger partial charge in [0.15, 0.2) is 11.8 Å². The molecule has 0 amide bonds. The number of thioether (sulfide) groups is 1. The summed E-state index contributed by atoms with van der Waals surface area (Å²) >= 11 is 1.74. The highest BCUT2D eigenvalue weighted by molar-refractivity contribution is 7.99. The first-order chi connectivity index (χ1) is 14.1. The second-order valence-electron chi connectivity index (χ2n) is 7.45. The van der Waals surface area contributed by atoms with Gasteiger partial charge in [-0.05, 0) is 56.2 Å². The number of halogens is 1. The van der Waals surface area contributed by atoms with Crippen LogP contribution in [0.5, 0.6) is 0 Å². The zero-order chi connectivity index (χ0) is 20.5. The van der Waals surface area contributed by atoms with Crippen LogP contribution in [-0.2, 0) is 13.6 Å². The fraction of sp³-hybridized carbons (Fsp3) is 0.571. The molecule has 3 rings (SSSR count). The molecule has 8 heteroatoms. The molecule has 6 nitrogen and oxygen atoms in total. The van der Waals surface area contributed by atoms with E-state index in [1.165, 1.54) is 44.2 Å². The fourth-order valence-corrected chi connectivity index (χ4v) is 4.18. The maximum absolute atomic E-state index is 13.0. The van der Waals surface area contributed by atoms with Crippen molar-refractivity contribution >= 4 is 17.7 Å². The largest absolute Gasteiger partial charge is 0.356 e. The predicted octanol–water partition coefficient (Wildman–Crippen LogP) is 3.81. The Kier molecular flexibility index (Phi) is 8.34. The number of nitrogens with one attached hydrogen (secondary N) is 2. The van der Waals surface area contributed by atoms with Crippen molar-refractivity contribution in [2.24, 2.45) is 12.0 Å². The molecule has 0 atom stereocenters. The topological polar surface area (TPSA) is 67.1 Å². The van der Waals surface area contributed by atoms with Gasteiger partial charge in [0.25, 0.3) is 0 Å². The zero-order valence-corrected chi connectivity index (χ0v) is 18.1. The van der Waals surface area contributed by atoms with Gasteiger partial charge >= 0.3 is 0 Å². The first kappa shape index (κ1) is 21.6. The molecule has 1 aliphatic rings. The zero-order valence-electron chi connectivity index (χ0n) is 17.3. The standard InChI is InChI=1S/C21H31FN6S/c1-16-26-27-20(28(16)2)15-24-21(25-18-7-4-3-5-8-18)23-13-6-14-29-19-11-9-17(22)10-12-19/h9-12,18H,3-8,13-15H2,1-2H3,(H2,23,24,25). The van der Waals surface area contributed by atoms with E-state index in [0.29, 0.717) is 12.6 Å². The van der Waals surface area contributed by atoms with Crippen LogP contribution >= 0.6 is 11.8 Å². The van der Waals surface area contributed by atoms with Crippen LogP contribution < -0.4 is 10.6 Å². The number of nitrogens with zero attached hydrogens (tertiary/aromatic N) is 4. The quantitative estimate of drug-likeness (QED) is 0.295. The van der Waals surface area contributed by atoms with Crippen LogP contribution in [0, 0.1) is 12.7 Å². The van der Waals surface area contributed by atoms with E-state index in [4.69, 9.17) is 4.99 Å². The Bertz CT molecular complexity index is 783. The average Bonchev–Trinajstić information content (AvgIpc) is 3.06. The van der Waals surface area contributed by atoms with Gasteiger partial charge in [0, 0.05) is 24.5 Å². The Morgan fingerprint density at radius 1 is 1.21 bits per heavy atom. The number of aryl methyl sites for hydroxylation is 1. The monoisotopic (exact) mass is 418 g/mol. The van der Waals surface area contributed by atoms with Crippen LogP contribution in [0.4, 0.5) is 4.39 Å². The minimum atomic E-state index is -0.191. The Hall–Kier alpha value is -2.09. The first-order valence-electron chi connectivity index (χ1n) is 10.4. The van der Waals surface area contributed by atoms with Crippen LogP contribution in [-0.4, -0.2) is 39.1 Å². The fourth-order valence-electron chi connectivity index (χ4n) is 3.33. The molecular weight excluding hydrogens is 387 g/mol. The number of aliphatic imine (C=N–C) groups is 1. The van der Waals surface area contributed by atoms with Crippen LogP contribution in [0.15, 0.2) is 34.2 Å². The van der Waals surface area contributed by atoms with Gasteiger partial charge < -0.3 is 15.2 Å². The molecule has 0 spiro atoms. The molecule has 2 aromatic rings. The number of benzene rings is 1. The Labute approximate surface area is 176 Å². The molecule has 1 heterocycles. The lowest BCUT2D eigenvalue weighted by atomic mass is 9.96. The highest BCUT2D eigenvalue weighted by Crippen LogP contribution is 2.19. The molecule has 1 fully saturated rings. The normalized spacial score (nSPS) is 15.5. The van der Waals surface area contributed by atoms with Crippen molar-refractivity contribution in [1.82, 2.24) is 25.4 Å². The Morgan fingerprint density at radius 3 is 2.66 bits per heavy atom. The van der Waals surface area contributed by atoms with Gasteiger partial charge in [-0.1, -0.05) is 19.3 Å². The molecule has 1 aromatic heterocycles. The summed E-state index contributed by atoms with van der Waals surface area (Å²) < 4.78 is 15.0. The minimum absolute atomic E-state index is 0.191. The number of guanidine groups is 1. The maximum Gasteiger partial charge on any atom is 0.191 e. The SMILES string of the molecule is Cc1nnc(CN=C(NCCCSc2ccc(F)cc2)NC2CCCCC2)n1C. The van der Waals surface area contributed by atoms with E-state index >= 15 is 0 Å². The summed E-state index contributed by atoms with van der Waals surface area (Å²) in [6.45, 7) is 3.28. The van der Waals surface area contributed by atoms with E-state index in [0.717, 1.165) is 41.2 Å². The maximum atomic E-state index is 13.0. The van der Waals surface area contributed by atoms with Crippen molar-refractivity contribution in [2.75, 3.05) is 12.3 Å². The van der Waals surface area contributed by atoms with Crippen LogP contribution in [0.1, 0.15) is 50.2 Å². The van der Waals surface area contributed by atoms with E-state index in [-0.39, 0.29) is 5.82 Å². The molecule has 1 saturated carbocycles. The summed E-state index contributed by atoms with van der Waals surface area (Å²) in [5, 5.41) is 15.4. The third-order valence-corrected chi connectivity index (χ3v) is 6.30. The number of hydrogen-bond donors (Lipinski definition) is 2. The smallest absolute Gasteiger partial charge is 0.191 e. The van der Waals surface area contributed by atoms with Gasteiger partial charge in [0.2, 0.25) is 0 Å². The minimum Gasteiger partial charge on any atom is -0.356 e. The molecule has 1 aromatic carbocycles. The summed E-state index contributed by atoms with van der Waals surface area (Å²) in [6, 6.07) is 7.16. The Balaban J connectivity index is 1.49. The van der Waals surface area contributed by atoms with Crippen LogP contribution in [0.2, 0.25) is 0 Å². The lowest BCUT2D eigenvalue weighted by Gasteiger charge is -2.25. The summed E-state index contributed by atoms with van der Waals surface area (Å²) in [5.41, 5.74) is 0. The first-order valence-corrected chi connectivity index (χ1v) is 11.4. The number of hydrogen-bond acceptors (Lipinski definition) is 4. The highest BCUT2D eigenvalue weighted by Gasteiger charge is 2.15. The Morgan fingerprint density at radius 2 is 1.97 bits per heavy atom. The van der Waals surface area contributed by atoms with Crippen LogP contribution in [0.3, 0.4) is 0 Å². The molecule has 0 unspecified atom stereocenters. The van der Waals surface area contributed by atoms with Gasteiger partial charge in [-0.15, -0.1) is 22.0 Å². The molecule has 0 saturated heterocycles. The van der Waals surface area contributed by atoms with Crippen molar-refractivity contribution in [2.45, 2.75) is 62.9 Å². The summed E-state index contributed by atoms with van der Waals surface area (Å²) in [5.74, 6) is 3.38. The second kappa shape index (κ2) is 11.2. The molecule has 1 aliphatic carbocycles. The summed E-state index contributed by atoms with van der Waals surface area (Å²) in [4.78, 5) is 5.85. The molecule has 2 N–H and O–H groups in total. The van der Waals surface area contributed by atoms with Crippen molar-refractivity contribution < 1.29 is 4.39 Å². The summed E-state index contributed by atoms with van der Waals surface area (Å²) in [7, 11) is 1.97. The van der Waals surface area contributed by atoms with E-state index in [1.54, 1.807) is 11.8 Å². The molecule has 0 radical (unpaired) electrons. The number of rotatable bonds is 8. The molecule has 0 aliphatic heterocycles.